The summed E-state index contributed by atoms with van der Waals surface area (Å²) >= 11 is 0. The van der Waals surface area contributed by atoms with Crippen LogP contribution in [0.5, 0.6) is 11.5 Å². The van der Waals surface area contributed by atoms with Crippen LogP contribution in [0, 0.1) is 11.7 Å². The Bertz CT molecular complexity index is 1110. The van der Waals surface area contributed by atoms with Crippen molar-refractivity contribution >= 4 is 5.91 Å². The summed E-state index contributed by atoms with van der Waals surface area (Å²) in [5, 5.41) is 4.15. The number of benzene rings is 2. The molecule has 2 aromatic carbocycles. The highest BCUT2D eigenvalue weighted by Crippen LogP contribution is 2.34. The van der Waals surface area contributed by atoms with Crippen molar-refractivity contribution in [2.75, 3.05) is 20.3 Å². The molecule has 3 heterocycles. The van der Waals surface area contributed by atoms with Crippen molar-refractivity contribution in [3.63, 3.8) is 0 Å². The van der Waals surface area contributed by atoms with Gasteiger partial charge in [0.1, 0.15) is 35.4 Å². The fourth-order valence-electron chi connectivity index (χ4n) is 4.17. The molecule has 154 valence electrons. The Kier molecular flexibility index (Phi) is 4.65. The van der Waals surface area contributed by atoms with E-state index in [0.29, 0.717) is 43.8 Å². The van der Waals surface area contributed by atoms with Crippen LogP contribution in [0.4, 0.5) is 4.39 Å². The number of rotatable bonds is 3. The third-order valence-corrected chi connectivity index (χ3v) is 5.76. The summed E-state index contributed by atoms with van der Waals surface area (Å²) in [7, 11) is 1.62. The molecule has 1 amide bonds. The monoisotopic (exact) mass is 408 g/mol. The Hall–Kier alpha value is -3.35. The summed E-state index contributed by atoms with van der Waals surface area (Å²) in [6.07, 6.45) is 1.19. The minimum atomic E-state index is -0.332. The average Bonchev–Trinajstić information content (AvgIpc) is 3.21. The highest BCUT2D eigenvalue weighted by atomic mass is 19.1. The van der Waals surface area contributed by atoms with Crippen LogP contribution in [-0.2, 0) is 24.2 Å². The Labute approximate surface area is 173 Å². The number of hydrogen-bond donors (Lipinski definition) is 0. The number of fused-ring (bicyclic) bond motifs is 2. The molecule has 0 radical (unpaired) electrons. The lowest BCUT2D eigenvalue weighted by Gasteiger charge is -2.32. The van der Waals surface area contributed by atoms with Crippen LogP contribution in [0.1, 0.15) is 16.9 Å². The maximum absolute atomic E-state index is 13.7. The van der Waals surface area contributed by atoms with E-state index < -0.39 is 0 Å². The number of hydrogen-bond acceptors (Lipinski definition) is 5. The van der Waals surface area contributed by atoms with Crippen LogP contribution in [0.2, 0.25) is 0 Å². The number of halogens is 1. The minimum Gasteiger partial charge on any atom is -0.497 e. The second-order valence-electron chi connectivity index (χ2n) is 7.64. The summed E-state index contributed by atoms with van der Waals surface area (Å²) in [6, 6.07) is 11.9. The van der Waals surface area contributed by atoms with Gasteiger partial charge in [-0.15, -0.1) is 0 Å². The third-order valence-electron chi connectivity index (χ3n) is 5.76. The van der Waals surface area contributed by atoms with Crippen molar-refractivity contribution in [1.29, 1.82) is 0 Å². The molecule has 30 heavy (non-hydrogen) atoms. The smallest absolute Gasteiger partial charge is 0.229 e. The van der Waals surface area contributed by atoms with Crippen molar-refractivity contribution in [2.45, 2.75) is 19.4 Å². The molecule has 0 unspecified atom stereocenters. The fraction of sp³-hybridized carbons (Fsp3) is 0.304. The van der Waals surface area contributed by atoms with Crippen molar-refractivity contribution in [3.8, 4) is 22.8 Å². The van der Waals surface area contributed by atoms with E-state index in [9.17, 15) is 9.18 Å². The first-order chi connectivity index (χ1) is 14.6. The fourth-order valence-corrected chi connectivity index (χ4v) is 4.17. The molecule has 3 aromatic rings. The van der Waals surface area contributed by atoms with Gasteiger partial charge in [-0.25, -0.2) is 4.39 Å². The Morgan fingerprint density at radius 3 is 3.00 bits per heavy atom. The van der Waals surface area contributed by atoms with Gasteiger partial charge in [0.05, 0.1) is 19.6 Å². The predicted octanol–water partition coefficient (Wildman–Crippen LogP) is 3.63. The normalized spacial score (nSPS) is 17.7. The topological polar surface area (TPSA) is 64.8 Å². The molecule has 1 aromatic heterocycles. The largest absolute Gasteiger partial charge is 0.497 e. The van der Waals surface area contributed by atoms with Crippen LogP contribution in [0.15, 0.2) is 47.0 Å². The maximum Gasteiger partial charge on any atom is 0.229 e. The van der Waals surface area contributed by atoms with E-state index in [2.05, 4.69) is 5.16 Å². The number of nitrogens with zero attached hydrogens (tertiary/aromatic N) is 2. The average molecular weight is 408 g/mol. The molecule has 0 saturated heterocycles. The molecular weight excluding hydrogens is 387 g/mol. The Morgan fingerprint density at radius 2 is 2.17 bits per heavy atom. The molecule has 0 fully saturated rings. The second kappa shape index (κ2) is 7.48. The summed E-state index contributed by atoms with van der Waals surface area (Å²) < 4.78 is 30.3. The lowest BCUT2D eigenvalue weighted by molar-refractivity contribution is -0.138. The van der Waals surface area contributed by atoms with E-state index in [-0.39, 0.29) is 17.6 Å². The summed E-state index contributed by atoms with van der Waals surface area (Å²) in [4.78, 5) is 15.1. The van der Waals surface area contributed by atoms with Crippen LogP contribution in [-0.4, -0.2) is 36.2 Å². The molecule has 0 N–H and O–H groups in total. The number of methoxy groups -OCH3 is 1. The minimum absolute atomic E-state index is 0.0421. The van der Waals surface area contributed by atoms with Gasteiger partial charge in [-0.1, -0.05) is 17.3 Å². The van der Waals surface area contributed by atoms with Gasteiger partial charge in [0, 0.05) is 24.1 Å². The van der Waals surface area contributed by atoms with Gasteiger partial charge in [0.2, 0.25) is 5.91 Å². The standard InChI is InChI=1S/C23H21FN2O4/c1-28-18-5-6-20-15(11-18)9-16(13-29-20)23(27)26-8-7-21-19(12-26)22(25-30-21)14-3-2-4-17(24)10-14/h2-6,10-11,16H,7-9,12-13H2,1H3/t16-/m0/s1. The molecule has 1 atom stereocenters. The zero-order valence-electron chi connectivity index (χ0n) is 16.6. The summed E-state index contributed by atoms with van der Waals surface area (Å²) in [5.41, 5.74) is 3.06. The summed E-state index contributed by atoms with van der Waals surface area (Å²) in [6.45, 7) is 1.30. The van der Waals surface area contributed by atoms with Crippen molar-refractivity contribution in [1.82, 2.24) is 10.1 Å². The van der Waals surface area contributed by atoms with Gasteiger partial charge in [0.25, 0.3) is 0 Å². The molecule has 2 aliphatic heterocycles. The molecule has 5 rings (SSSR count). The zero-order chi connectivity index (χ0) is 20.7. The highest BCUT2D eigenvalue weighted by Gasteiger charge is 2.33. The Morgan fingerprint density at radius 1 is 1.27 bits per heavy atom. The van der Waals surface area contributed by atoms with E-state index >= 15 is 0 Å². The number of carbonyl (C=O) groups is 1. The molecular formula is C23H21FN2O4. The molecule has 0 bridgehead atoms. The number of carbonyl (C=O) groups excluding carboxylic acids is 1. The van der Waals surface area contributed by atoms with Gasteiger partial charge in [-0.05, 0) is 42.3 Å². The van der Waals surface area contributed by atoms with Crippen LogP contribution in [0.3, 0.4) is 0 Å². The number of aromatic nitrogens is 1. The first-order valence-corrected chi connectivity index (χ1v) is 9.94. The van der Waals surface area contributed by atoms with Crippen LogP contribution >= 0.6 is 0 Å². The van der Waals surface area contributed by atoms with Crippen molar-refractivity contribution < 1.29 is 23.2 Å². The van der Waals surface area contributed by atoms with Gasteiger partial charge >= 0.3 is 0 Å². The molecule has 0 spiro atoms. The predicted molar refractivity (Wildman–Crippen MR) is 107 cm³/mol. The lowest BCUT2D eigenvalue weighted by atomic mass is 9.94. The van der Waals surface area contributed by atoms with Gasteiger partial charge in [-0.2, -0.15) is 0 Å². The van der Waals surface area contributed by atoms with Crippen LogP contribution in [0.25, 0.3) is 11.3 Å². The van der Waals surface area contributed by atoms with E-state index in [4.69, 9.17) is 14.0 Å². The quantitative estimate of drug-likeness (QED) is 0.662. The summed E-state index contributed by atoms with van der Waals surface area (Å²) in [5.74, 6) is 1.75. The third kappa shape index (κ3) is 3.30. The number of ether oxygens (including phenoxy) is 2. The molecule has 7 heteroatoms. The first-order valence-electron chi connectivity index (χ1n) is 9.94. The molecule has 0 saturated carbocycles. The maximum atomic E-state index is 13.7. The number of amides is 1. The van der Waals surface area contributed by atoms with E-state index in [1.165, 1.54) is 12.1 Å². The highest BCUT2D eigenvalue weighted by molar-refractivity contribution is 5.80. The van der Waals surface area contributed by atoms with Gasteiger partial charge < -0.3 is 18.9 Å². The second-order valence-corrected chi connectivity index (χ2v) is 7.64. The van der Waals surface area contributed by atoms with Crippen molar-refractivity contribution in [2.24, 2.45) is 5.92 Å². The van der Waals surface area contributed by atoms with Gasteiger partial charge in [-0.3, -0.25) is 4.79 Å². The Balaban J connectivity index is 1.36. The van der Waals surface area contributed by atoms with Crippen LogP contribution < -0.4 is 9.47 Å². The van der Waals surface area contributed by atoms with Crippen molar-refractivity contribution in [3.05, 3.63) is 65.2 Å². The van der Waals surface area contributed by atoms with E-state index in [1.54, 1.807) is 19.2 Å². The lowest BCUT2D eigenvalue weighted by Crippen LogP contribution is -2.43. The zero-order valence-corrected chi connectivity index (χ0v) is 16.6. The first kappa shape index (κ1) is 18.7. The van der Waals surface area contributed by atoms with Gasteiger partial charge in [0.15, 0.2) is 0 Å². The van der Waals surface area contributed by atoms with E-state index in [0.717, 1.165) is 28.4 Å². The SMILES string of the molecule is COc1ccc2c(c1)C[C@H](C(=O)N1CCc3onc(-c4cccc(F)c4)c3C1)CO2. The molecule has 0 aliphatic carbocycles. The molecule has 6 nitrogen and oxygen atoms in total. The van der Waals surface area contributed by atoms with E-state index in [1.807, 2.05) is 23.1 Å². The molecule has 2 aliphatic rings.